The van der Waals surface area contributed by atoms with Crippen LogP contribution in [0.5, 0.6) is 0 Å². The van der Waals surface area contributed by atoms with Crippen molar-refractivity contribution in [3.05, 3.63) is 29.8 Å². The Labute approximate surface area is 173 Å². The van der Waals surface area contributed by atoms with Gasteiger partial charge in [-0.3, -0.25) is 4.90 Å². The van der Waals surface area contributed by atoms with Crippen LogP contribution in [0.1, 0.15) is 51.4 Å². The van der Waals surface area contributed by atoms with E-state index in [0.717, 1.165) is 49.5 Å². The lowest BCUT2D eigenvalue weighted by Crippen LogP contribution is -2.79. The first-order valence-corrected chi connectivity index (χ1v) is 10.8. The molecule has 29 heavy (non-hydrogen) atoms. The minimum atomic E-state index is 0.196. The molecule has 4 fully saturated rings. The number of hydrogen-bond acceptors (Lipinski definition) is 5. The number of rotatable bonds is 4. The fraction of sp³-hybridized carbons (Fsp3) is 0.652. The Hall–Kier alpha value is -1.92. The molecule has 2 bridgehead atoms. The fourth-order valence-corrected chi connectivity index (χ4v) is 5.60. The SMILES string of the molecule is Cc1cc(-c2cn(C34CC(N5CCOCC5)(C3)C4)c(CC(C)(C)C)n2)cnc1N. The Morgan fingerprint density at radius 3 is 2.45 bits per heavy atom. The smallest absolute Gasteiger partial charge is 0.126 e. The van der Waals surface area contributed by atoms with Gasteiger partial charge in [-0.1, -0.05) is 20.8 Å². The van der Waals surface area contributed by atoms with Crippen LogP contribution < -0.4 is 5.73 Å². The van der Waals surface area contributed by atoms with Gasteiger partial charge in [-0.2, -0.15) is 0 Å². The van der Waals surface area contributed by atoms with Gasteiger partial charge in [0, 0.05) is 43.0 Å². The average molecular weight is 396 g/mol. The summed E-state index contributed by atoms with van der Waals surface area (Å²) in [5.41, 5.74) is 9.86. The second-order valence-electron chi connectivity index (χ2n) is 10.7. The van der Waals surface area contributed by atoms with Gasteiger partial charge in [0.2, 0.25) is 0 Å². The summed E-state index contributed by atoms with van der Waals surface area (Å²) in [4.78, 5) is 12.1. The molecule has 3 aliphatic carbocycles. The van der Waals surface area contributed by atoms with E-state index in [0.29, 0.717) is 11.4 Å². The van der Waals surface area contributed by atoms with E-state index in [1.165, 1.54) is 25.1 Å². The van der Waals surface area contributed by atoms with Crippen molar-refractivity contribution in [3.8, 4) is 11.3 Å². The maximum absolute atomic E-state index is 5.93. The van der Waals surface area contributed by atoms with Crippen molar-refractivity contribution in [2.75, 3.05) is 32.0 Å². The fourth-order valence-electron chi connectivity index (χ4n) is 5.60. The van der Waals surface area contributed by atoms with Gasteiger partial charge in [-0.15, -0.1) is 0 Å². The number of nitrogen functional groups attached to an aromatic ring is 1. The van der Waals surface area contributed by atoms with Crippen molar-refractivity contribution in [1.29, 1.82) is 0 Å². The number of hydrogen-bond donors (Lipinski definition) is 1. The number of nitrogens with zero attached hydrogens (tertiary/aromatic N) is 4. The second-order valence-corrected chi connectivity index (χ2v) is 10.7. The number of pyridine rings is 1. The molecular weight excluding hydrogens is 362 g/mol. The van der Waals surface area contributed by atoms with Gasteiger partial charge in [0.25, 0.3) is 0 Å². The highest BCUT2D eigenvalue weighted by molar-refractivity contribution is 5.61. The van der Waals surface area contributed by atoms with E-state index in [4.69, 9.17) is 15.5 Å². The summed E-state index contributed by atoms with van der Waals surface area (Å²) < 4.78 is 8.08. The molecule has 2 N–H and O–H groups in total. The van der Waals surface area contributed by atoms with E-state index in [1.807, 2.05) is 13.1 Å². The highest BCUT2D eigenvalue weighted by atomic mass is 16.5. The summed E-state index contributed by atoms with van der Waals surface area (Å²) in [6, 6.07) is 2.10. The largest absolute Gasteiger partial charge is 0.383 e. The normalized spacial score (nSPS) is 29.4. The van der Waals surface area contributed by atoms with E-state index in [-0.39, 0.29) is 11.0 Å². The quantitative estimate of drug-likeness (QED) is 0.859. The number of anilines is 1. The van der Waals surface area contributed by atoms with Crippen LogP contribution in [0.3, 0.4) is 0 Å². The highest BCUT2D eigenvalue weighted by Crippen LogP contribution is 2.68. The predicted octanol–water partition coefficient (Wildman–Crippen LogP) is 3.39. The Morgan fingerprint density at radius 2 is 1.83 bits per heavy atom. The maximum atomic E-state index is 5.93. The first kappa shape index (κ1) is 19.1. The standard InChI is InChI=1S/C23H33N5O/c1-16-9-17(11-25-20(16)24)18-12-28(19(26-18)10-21(2,3)4)23-13-22(14-23,15-23)27-5-7-29-8-6-27/h9,11-12H,5-8,10,13-15H2,1-4H3,(H2,24,25). The van der Waals surface area contributed by atoms with Crippen LogP contribution in [-0.4, -0.2) is 51.3 Å². The number of imidazole rings is 1. The van der Waals surface area contributed by atoms with Gasteiger partial charge >= 0.3 is 0 Å². The molecule has 1 aliphatic heterocycles. The number of nitrogens with two attached hydrogens (primary N) is 1. The van der Waals surface area contributed by atoms with Crippen LogP contribution in [0, 0.1) is 12.3 Å². The zero-order valence-electron chi connectivity index (χ0n) is 18.2. The van der Waals surface area contributed by atoms with Gasteiger partial charge in [-0.25, -0.2) is 9.97 Å². The summed E-state index contributed by atoms with van der Waals surface area (Å²) in [5, 5.41) is 0. The molecule has 156 valence electrons. The van der Waals surface area contributed by atoms with Crippen molar-refractivity contribution in [2.24, 2.45) is 5.41 Å². The molecule has 6 heteroatoms. The molecule has 6 nitrogen and oxygen atoms in total. The van der Waals surface area contributed by atoms with Crippen molar-refractivity contribution < 1.29 is 4.74 Å². The lowest BCUT2D eigenvalue weighted by Gasteiger charge is -2.74. The molecule has 3 saturated carbocycles. The first-order chi connectivity index (χ1) is 13.7. The van der Waals surface area contributed by atoms with Crippen molar-refractivity contribution >= 4 is 5.82 Å². The van der Waals surface area contributed by atoms with Gasteiger partial charge < -0.3 is 15.0 Å². The number of morpholine rings is 1. The van der Waals surface area contributed by atoms with Gasteiger partial charge in [0.05, 0.1) is 24.4 Å². The molecule has 0 aromatic carbocycles. The Morgan fingerprint density at radius 1 is 1.14 bits per heavy atom. The zero-order valence-corrected chi connectivity index (χ0v) is 18.2. The van der Waals surface area contributed by atoms with Crippen LogP contribution in [-0.2, 0) is 16.7 Å². The van der Waals surface area contributed by atoms with Gasteiger partial charge in [0.1, 0.15) is 11.6 Å². The van der Waals surface area contributed by atoms with E-state index < -0.39 is 0 Å². The van der Waals surface area contributed by atoms with E-state index in [9.17, 15) is 0 Å². The number of aromatic nitrogens is 3. The van der Waals surface area contributed by atoms with Crippen molar-refractivity contribution in [2.45, 2.75) is 64.5 Å². The molecule has 4 aliphatic rings. The maximum Gasteiger partial charge on any atom is 0.126 e. The van der Waals surface area contributed by atoms with Crippen LogP contribution in [0.25, 0.3) is 11.3 Å². The Kier molecular flexibility index (Phi) is 4.13. The van der Waals surface area contributed by atoms with E-state index in [2.05, 4.69) is 47.5 Å². The molecule has 6 rings (SSSR count). The molecule has 0 unspecified atom stereocenters. The third-order valence-corrected chi connectivity index (χ3v) is 7.05. The topological polar surface area (TPSA) is 69.2 Å². The van der Waals surface area contributed by atoms with Gasteiger partial charge in [-0.05, 0) is 43.2 Å². The summed E-state index contributed by atoms with van der Waals surface area (Å²) >= 11 is 0. The monoisotopic (exact) mass is 395 g/mol. The summed E-state index contributed by atoms with van der Waals surface area (Å²) in [6.45, 7) is 12.8. The second kappa shape index (κ2) is 6.29. The van der Waals surface area contributed by atoms with Crippen molar-refractivity contribution in [1.82, 2.24) is 19.4 Å². The Balaban J connectivity index is 1.45. The Bertz CT molecular complexity index is 915. The number of ether oxygens (including phenoxy) is 1. The molecule has 1 saturated heterocycles. The third-order valence-electron chi connectivity index (χ3n) is 7.05. The molecule has 0 amide bonds. The number of aryl methyl sites for hydroxylation is 1. The highest BCUT2D eigenvalue weighted by Gasteiger charge is 2.71. The van der Waals surface area contributed by atoms with Crippen LogP contribution in [0.15, 0.2) is 18.5 Å². The molecule has 0 spiro atoms. The summed E-state index contributed by atoms with van der Waals surface area (Å²) in [7, 11) is 0. The lowest BCUT2D eigenvalue weighted by atomic mass is 9.43. The minimum absolute atomic E-state index is 0.196. The minimum Gasteiger partial charge on any atom is -0.383 e. The molecule has 2 aromatic heterocycles. The average Bonchev–Trinajstić information content (AvgIpc) is 2.98. The molecule has 0 atom stereocenters. The molecule has 2 aromatic rings. The zero-order chi connectivity index (χ0) is 20.4. The van der Waals surface area contributed by atoms with Crippen LogP contribution >= 0.6 is 0 Å². The van der Waals surface area contributed by atoms with Gasteiger partial charge in [0.15, 0.2) is 0 Å². The first-order valence-electron chi connectivity index (χ1n) is 10.8. The molecule has 0 radical (unpaired) electrons. The van der Waals surface area contributed by atoms with Crippen molar-refractivity contribution in [3.63, 3.8) is 0 Å². The lowest BCUT2D eigenvalue weighted by molar-refractivity contribution is -0.221. The third kappa shape index (κ3) is 3.08. The van der Waals surface area contributed by atoms with Crippen LogP contribution in [0.2, 0.25) is 0 Å². The van der Waals surface area contributed by atoms with E-state index in [1.54, 1.807) is 0 Å². The van der Waals surface area contributed by atoms with E-state index >= 15 is 0 Å². The summed E-state index contributed by atoms with van der Waals surface area (Å²) in [5.74, 6) is 1.80. The summed E-state index contributed by atoms with van der Waals surface area (Å²) in [6.07, 6.45) is 8.83. The molecular formula is C23H33N5O. The molecule has 3 heterocycles. The predicted molar refractivity (Wildman–Crippen MR) is 115 cm³/mol. The van der Waals surface area contributed by atoms with Crippen LogP contribution in [0.4, 0.5) is 5.82 Å².